The minimum atomic E-state index is -4.10. The molecule has 0 saturated heterocycles. The van der Waals surface area contributed by atoms with Crippen LogP contribution in [0.3, 0.4) is 0 Å². The van der Waals surface area contributed by atoms with E-state index in [1.54, 1.807) is 0 Å². The molecule has 0 bridgehead atoms. The number of ether oxygens (including phenoxy) is 1. The van der Waals surface area contributed by atoms with E-state index in [4.69, 9.17) is 16.3 Å². The van der Waals surface area contributed by atoms with Gasteiger partial charge in [-0.25, -0.2) is 12.8 Å². The number of carbonyl (C=O) groups is 2. The van der Waals surface area contributed by atoms with E-state index in [0.717, 1.165) is 4.31 Å². The highest BCUT2D eigenvalue weighted by Crippen LogP contribution is 2.36. The summed E-state index contributed by atoms with van der Waals surface area (Å²) in [6, 6.07) is 8.05. The Morgan fingerprint density at radius 1 is 1.31 bits per heavy atom. The highest BCUT2D eigenvalue weighted by Gasteiger charge is 2.28. The maximum absolute atomic E-state index is 12.9. The first-order chi connectivity index (χ1) is 13.7. The summed E-state index contributed by atoms with van der Waals surface area (Å²) in [5.41, 5.74) is 0.937. The van der Waals surface area contributed by atoms with E-state index in [-0.39, 0.29) is 40.4 Å². The van der Waals surface area contributed by atoms with Crippen molar-refractivity contribution >= 4 is 39.1 Å². The van der Waals surface area contributed by atoms with Gasteiger partial charge in [-0.15, -0.1) is 0 Å². The van der Waals surface area contributed by atoms with Gasteiger partial charge < -0.3 is 15.4 Å². The third kappa shape index (κ3) is 4.84. The van der Waals surface area contributed by atoms with Crippen LogP contribution in [0.1, 0.15) is 5.56 Å². The number of rotatable bonds is 6. The zero-order valence-electron chi connectivity index (χ0n) is 15.2. The number of carbonyl (C=O) groups excluding carboxylic acids is 2. The average molecular weight is 442 g/mol. The fraction of sp³-hybridized carbons (Fsp3) is 0.222. The van der Waals surface area contributed by atoms with Crippen molar-refractivity contribution in [2.75, 3.05) is 25.5 Å². The monoisotopic (exact) mass is 441 g/mol. The van der Waals surface area contributed by atoms with Gasteiger partial charge in [0.1, 0.15) is 16.5 Å². The number of sulfonamides is 1. The van der Waals surface area contributed by atoms with Crippen LogP contribution in [0.15, 0.2) is 41.3 Å². The third-order valence-electron chi connectivity index (χ3n) is 4.12. The summed E-state index contributed by atoms with van der Waals surface area (Å²) in [7, 11) is -2.86. The minimum absolute atomic E-state index is 0.117. The summed E-state index contributed by atoms with van der Waals surface area (Å²) in [6.07, 6.45) is 0. The van der Waals surface area contributed by atoms with Crippen LogP contribution < -0.4 is 15.4 Å². The molecule has 0 aromatic heterocycles. The molecule has 11 heteroatoms. The van der Waals surface area contributed by atoms with Crippen LogP contribution >= 0.6 is 11.6 Å². The second kappa shape index (κ2) is 8.36. The highest BCUT2D eigenvalue weighted by molar-refractivity contribution is 7.89. The van der Waals surface area contributed by atoms with E-state index in [1.807, 2.05) is 0 Å². The molecule has 8 nitrogen and oxygen atoms in total. The molecule has 0 saturated carbocycles. The summed E-state index contributed by atoms with van der Waals surface area (Å²) >= 11 is 6.08. The first kappa shape index (κ1) is 21.0. The topological polar surface area (TPSA) is 105 Å². The van der Waals surface area contributed by atoms with Gasteiger partial charge >= 0.3 is 0 Å². The number of nitrogens with one attached hydrogen (secondary N) is 2. The number of hydrogen-bond acceptors (Lipinski definition) is 5. The van der Waals surface area contributed by atoms with Crippen molar-refractivity contribution in [2.24, 2.45) is 0 Å². The van der Waals surface area contributed by atoms with E-state index in [1.165, 1.54) is 43.4 Å². The largest absolute Gasteiger partial charge is 0.482 e. The number of likely N-dealkylation sites (N-methyl/N-ethyl adjacent to an activating group) is 1. The molecule has 3 rings (SSSR count). The predicted octanol–water partition coefficient (Wildman–Crippen LogP) is 1.75. The number of nitrogens with zero attached hydrogens (tertiary/aromatic N) is 1. The first-order valence-corrected chi connectivity index (χ1v) is 10.2. The highest BCUT2D eigenvalue weighted by atomic mass is 35.5. The van der Waals surface area contributed by atoms with Gasteiger partial charge in [-0.1, -0.05) is 23.7 Å². The summed E-state index contributed by atoms with van der Waals surface area (Å²) in [5.74, 6) is -1.14. The number of anilines is 1. The number of hydrogen-bond donors (Lipinski definition) is 2. The Bertz CT molecular complexity index is 1060. The molecule has 1 aliphatic heterocycles. The van der Waals surface area contributed by atoms with Crippen molar-refractivity contribution in [3.63, 3.8) is 0 Å². The van der Waals surface area contributed by atoms with E-state index >= 15 is 0 Å². The van der Waals surface area contributed by atoms with E-state index in [0.29, 0.717) is 5.56 Å². The van der Waals surface area contributed by atoms with Crippen molar-refractivity contribution in [2.45, 2.75) is 11.4 Å². The molecule has 2 aromatic rings. The molecule has 0 aliphatic carbocycles. The molecule has 0 spiro atoms. The fourth-order valence-corrected chi connectivity index (χ4v) is 4.23. The summed E-state index contributed by atoms with van der Waals surface area (Å²) < 4.78 is 44.6. The van der Waals surface area contributed by atoms with Gasteiger partial charge in [0.25, 0.3) is 5.91 Å². The van der Waals surface area contributed by atoms with E-state index < -0.39 is 28.3 Å². The van der Waals surface area contributed by atoms with Gasteiger partial charge in [0.2, 0.25) is 15.9 Å². The molecule has 2 amide bonds. The lowest BCUT2D eigenvalue weighted by Gasteiger charge is -2.22. The molecule has 0 unspecified atom stereocenters. The molecule has 1 aliphatic rings. The second-order valence-electron chi connectivity index (χ2n) is 6.28. The molecule has 1 heterocycles. The summed E-state index contributed by atoms with van der Waals surface area (Å²) in [6.45, 7) is -0.565. The molecule has 0 atom stereocenters. The van der Waals surface area contributed by atoms with Gasteiger partial charge in [-0.2, -0.15) is 4.31 Å². The molecule has 154 valence electrons. The van der Waals surface area contributed by atoms with Crippen LogP contribution in [0, 0.1) is 5.82 Å². The fourth-order valence-electron chi connectivity index (χ4n) is 2.59. The first-order valence-electron chi connectivity index (χ1n) is 8.40. The lowest BCUT2D eigenvalue weighted by Crippen LogP contribution is -2.38. The second-order valence-corrected chi connectivity index (χ2v) is 8.70. The molecule has 29 heavy (non-hydrogen) atoms. The quantitative estimate of drug-likeness (QED) is 0.710. The van der Waals surface area contributed by atoms with Gasteiger partial charge in [-0.05, 0) is 23.8 Å². The lowest BCUT2D eigenvalue weighted by atomic mass is 10.2. The Hall–Kier alpha value is -2.69. The number of benzene rings is 2. The Labute approximate surface area is 171 Å². The minimum Gasteiger partial charge on any atom is -0.482 e. The van der Waals surface area contributed by atoms with Crippen molar-refractivity contribution < 1.29 is 27.1 Å². The molecule has 2 aromatic carbocycles. The molecule has 0 fully saturated rings. The zero-order valence-corrected chi connectivity index (χ0v) is 16.8. The predicted molar refractivity (Wildman–Crippen MR) is 104 cm³/mol. The zero-order chi connectivity index (χ0) is 21.2. The molecule has 0 radical (unpaired) electrons. The van der Waals surface area contributed by atoms with Crippen LogP contribution in [0.5, 0.6) is 5.75 Å². The van der Waals surface area contributed by atoms with Crippen molar-refractivity contribution in [3.05, 3.63) is 52.8 Å². The smallest absolute Gasteiger partial charge is 0.262 e. The number of amides is 2. The Morgan fingerprint density at radius 2 is 2.00 bits per heavy atom. The van der Waals surface area contributed by atoms with Crippen molar-refractivity contribution in [1.82, 2.24) is 9.62 Å². The van der Waals surface area contributed by atoms with Gasteiger partial charge in [0.05, 0.1) is 17.3 Å². The van der Waals surface area contributed by atoms with Crippen molar-refractivity contribution in [3.8, 4) is 5.75 Å². The van der Waals surface area contributed by atoms with Crippen LogP contribution in [-0.2, 0) is 26.2 Å². The number of fused-ring (bicyclic) bond motifs is 1. The van der Waals surface area contributed by atoms with Crippen molar-refractivity contribution in [1.29, 1.82) is 0 Å². The van der Waals surface area contributed by atoms with Crippen LogP contribution in [-0.4, -0.2) is 44.7 Å². The Balaban J connectivity index is 1.69. The van der Waals surface area contributed by atoms with E-state index in [2.05, 4.69) is 10.6 Å². The normalized spacial score (nSPS) is 13.4. The van der Waals surface area contributed by atoms with Crippen LogP contribution in [0.2, 0.25) is 5.02 Å². The Morgan fingerprint density at radius 3 is 2.69 bits per heavy atom. The summed E-state index contributed by atoms with van der Waals surface area (Å²) in [5, 5.41) is 4.98. The Kier molecular flexibility index (Phi) is 6.06. The van der Waals surface area contributed by atoms with Crippen LogP contribution in [0.25, 0.3) is 0 Å². The van der Waals surface area contributed by atoms with Gasteiger partial charge in [0.15, 0.2) is 6.61 Å². The SMILES string of the molecule is CN(CC(=O)NCc1ccc(F)cc1)S(=O)(=O)c1cc2c(cc1Cl)NC(=O)CO2. The average Bonchev–Trinajstić information content (AvgIpc) is 2.66. The standard InChI is InChI=1S/C18H17ClFN3O5S/c1-23(9-17(24)21-8-11-2-4-12(20)5-3-11)29(26,27)16-7-15-14(6-13(16)19)22-18(25)10-28-15/h2-7H,8-10H2,1H3,(H,21,24)(H,22,25). The van der Waals surface area contributed by atoms with E-state index in [9.17, 15) is 22.4 Å². The maximum Gasteiger partial charge on any atom is 0.262 e. The molecular weight excluding hydrogens is 425 g/mol. The van der Waals surface area contributed by atoms with Gasteiger partial charge in [-0.3, -0.25) is 9.59 Å². The lowest BCUT2D eigenvalue weighted by molar-refractivity contribution is -0.121. The van der Waals surface area contributed by atoms with Crippen LogP contribution in [0.4, 0.5) is 10.1 Å². The molecular formula is C18H17ClFN3O5S. The molecule has 2 N–H and O–H groups in total. The maximum atomic E-state index is 12.9. The van der Waals surface area contributed by atoms with Gasteiger partial charge in [0, 0.05) is 19.7 Å². The third-order valence-corrected chi connectivity index (χ3v) is 6.39. The number of halogens is 2. The summed E-state index contributed by atoms with van der Waals surface area (Å²) in [4.78, 5) is 23.2.